The van der Waals surface area contributed by atoms with Gasteiger partial charge in [-0.2, -0.15) is 0 Å². The highest BCUT2D eigenvalue weighted by molar-refractivity contribution is 5.79. The van der Waals surface area contributed by atoms with Gasteiger partial charge in [-0.05, 0) is 44.4 Å². The summed E-state index contributed by atoms with van der Waals surface area (Å²) in [6.07, 6.45) is 2.20. The molecule has 4 heteroatoms. The van der Waals surface area contributed by atoms with Crippen molar-refractivity contribution in [2.24, 2.45) is 5.73 Å². The van der Waals surface area contributed by atoms with Crippen LogP contribution in [0, 0.1) is 5.82 Å². The van der Waals surface area contributed by atoms with E-state index < -0.39 is 0 Å². The lowest BCUT2D eigenvalue weighted by Gasteiger charge is -2.46. The van der Waals surface area contributed by atoms with Crippen molar-refractivity contribution in [1.29, 1.82) is 0 Å². The molecule has 1 atom stereocenters. The lowest BCUT2D eigenvalue weighted by molar-refractivity contribution is -0.138. The summed E-state index contributed by atoms with van der Waals surface area (Å²) in [5, 5.41) is 0. The van der Waals surface area contributed by atoms with Crippen LogP contribution in [0.2, 0.25) is 0 Å². The quantitative estimate of drug-likeness (QED) is 0.889. The number of carbonyl (C=O) groups is 1. The Morgan fingerprint density at radius 3 is 2.68 bits per heavy atom. The van der Waals surface area contributed by atoms with Crippen molar-refractivity contribution < 1.29 is 9.18 Å². The Morgan fingerprint density at radius 1 is 1.42 bits per heavy atom. The maximum absolute atomic E-state index is 12.8. The molecule has 1 aromatic carbocycles. The summed E-state index contributed by atoms with van der Waals surface area (Å²) in [6, 6.07) is 6.10. The van der Waals surface area contributed by atoms with Crippen molar-refractivity contribution >= 4 is 5.91 Å². The SMILES string of the molecule is CC1(C)C(N)CCCN1C(=O)Cc1ccc(F)cc1. The standard InChI is InChI=1S/C15H21FN2O/c1-15(2)13(17)4-3-9-18(15)14(19)10-11-5-7-12(16)8-6-11/h5-8,13H,3-4,9-10,17H2,1-2H3. The average Bonchev–Trinajstić information content (AvgIpc) is 2.35. The van der Waals surface area contributed by atoms with Crippen molar-refractivity contribution in [1.82, 2.24) is 4.90 Å². The second-order valence-electron chi connectivity index (χ2n) is 5.75. The van der Waals surface area contributed by atoms with Gasteiger partial charge in [0.15, 0.2) is 0 Å². The number of hydrogen-bond acceptors (Lipinski definition) is 2. The minimum Gasteiger partial charge on any atom is -0.336 e. The number of nitrogens with two attached hydrogens (primary N) is 1. The number of hydrogen-bond donors (Lipinski definition) is 1. The van der Waals surface area contributed by atoms with Gasteiger partial charge in [-0.3, -0.25) is 4.79 Å². The summed E-state index contributed by atoms with van der Waals surface area (Å²) in [5.74, 6) is -0.219. The topological polar surface area (TPSA) is 46.3 Å². The second kappa shape index (κ2) is 5.29. The van der Waals surface area contributed by atoms with E-state index in [9.17, 15) is 9.18 Å². The molecular formula is C15H21FN2O. The molecule has 0 saturated carbocycles. The summed E-state index contributed by atoms with van der Waals surface area (Å²) in [5.41, 5.74) is 6.63. The van der Waals surface area contributed by atoms with Crippen LogP contribution in [0.4, 0.5) is 4.39 Å². The Bertz CT molecular complexity index is 456. The molecule has 1 unspecified atom stereocenters. The third-order valence-electron chi connectivity index (χ3n) is 4.07. The van der Waals surface area contributed by atoms with Crippen molar-refractivity contribution in [2.75, 3.05) is 6.54 Å². The maximum atomic E-state index is 12.8. The van der Waals surface area contributed by atoms with Crippen molar-refractivity contribution in [2.45, 2.75) is 44.7 Å². The van der Waals surface area contributed by atoms with Gasteiger partial charge in [0.1, 0.15) is 5.82 Å². The normalized spacial score (nSPS) is 22.3. The first-order valence-electron chi connectivity index (χ1n) is 6.72. The van der Waals surface area contributed by atoms with E-state index in [0.717, 1.165) is 24.9 Å². The Kier molecular flexibility index (Phi) is 3.90. The fourth-order valence-corrected chi connectivity index (χ4v) is 2.63. The highest BCUT2D eigenvalue weighted by atomic mass is 19.1. The summed E-state index contributed by atoms with van der Waals surface area (Å²) < 4.78 is 12.8. The van der Waals surface area contributed by atoms with Gasteiger partial charge in [-0.25, -0.2) is 4.39 Å². The zero-order valence-electron chi connectivity index (χ0n) is 11.5. The fourth-order valence-electron chi connectivity index (χ4n) is 2.63. The van der Waals surface area contributed by atoms with E-state index in [1.807, 2.05) is 18.7 Å². The predicted octanol–water partition coefficient (Wildman–Crippen LogP) is 2.10. The van der Waals surface area contributed by atoms with Crippen LogP contribution in [0.15, 0.2) is 24.3 Å². The zero-order chi connectivity index (χ0) is 14.0. The third kappa shape index (κ3) is 2.95. The molecule has 0 aliphatic carbocycles. The lowest BCUT2D eigenvalue weighted by atomic mass is 9.85. The van der Waals surface area contributed by atoms with Gasteiger partial charge in [-0.15, -0.1) is 0 Å². The Morgan fingerprint density at radius 2 is 2.05 bits per heavy atom. The molecule has 2 rings (SSSR count). The number of amides is 1. The molecule has 3 nitrogen and oxygen atoms in total. The van der Waals surface area contributed by atoms with Gasteiger partial charge in [0.05, 0.1) is 12.0 Å². The number of halogens is 1. The van der Waals surface area contributed by atoms with Crippen LogP contribution in [0.1, 0.15) is 32.3 Å². The molecule has 0 aromatic heterocycles. The number of piperidine rings is 1. The van der Waals surface area contributed by atoms with Gasteiger partial charge in [-0.1, -0.05) is 12.1 Å². The Hall–Kier alpha value is -1.42. The maximum Gasteiger partial charge on any atom is 0.227 e. The van der Waals surface area contributed by atoms with Crippen molar-refractivity contribution in [3.63, 3.8) is 0 Å². The van der Waals surface area contributed by atoms with E-state index in [0.29, 0.717) is 6.42 Å². The Balaban J connectivity index is 2.09. The van der Waals surface area contributed by atoms with Crippen molar-refractivity contribution in [3.8, 4) is 0 Å². The molecule has 1 fully saturated rings. The average molecular weight is 264 g/mol. The van der Waals surface area contributed by atoms with Crippen LogP contribution < -0.4 is 5.73 Å². The molecule has 19 heavy (non-hydrogen) atoms. The summed E-state index contributed by atoms with van der Waals surface area (Å²) in [7, 11) is 0. The second-order valence-corrected chi connectivity index (χ2v) is 5.75. The van der Waals surface area contributed by atoms with Crippen molar-refractivity contribution in [3.05, 3.63) is 35.6 Å². The van der Waals surface area contributed by atoms with E-state index in [-0.39, 0.29) is 23.3 Å². The number of benzene rings is 1. The Labute approximate surface area is 113 Å². The predicted molar refractivity (Wildman–Crippen MR) is 73.1 cm³/mol. The van der Waals surface area contributed by atoms with E-state index in [4.69, 9.17) is 5.73 Å². The minimum absolute atomic E-state index is 0.0124. The van der Waals surface area contributed by atoms with E-state index in [1.165, 1.54) is 12.1 Å². The summed E-state index contributed by atoms with van der Waals surface area (Å²) >= 11 is 0. The van der Waals surface area contributed by atoms with Crippen LogP contribution in [-0.2, 0) is 11.2 Å². The first-order chi connectivity index (χ1) is 8.91. The third-order valence-corrected chi connectivity index (χ3v) is 4.07. The van der Waals surface area contributed by atoms with Crippen LogP contribution in [-0.4, -0.2) is 28.9 Å². The molecular weight excluding hydrogens is 243 g/mol. The van der Waals surface area contributed by atoms with Gasteiger partial charge in [0.2, 0.25) is 5.91 Å². The number of rotatable bonds is 2. The van der Waals surface area contributed by atoms with Crippen LogP contribution in [0.5, 0.6) is 0 Å². The molecule has 1 aliphatic heterocycles. The van der Waals surface area contributed by atoms with Gasteiger partial charge >= 0.3 is 0 Å². The molecule has 104 valence electrons. The first-order valence-corrected chi connectivity index (χ1v) is 6.72. The molecule has 1 saturated heterocycles. The zero-order valence-corrected chi connectivity index (χ0v) is 11.5. The number of likely N-dealkylation sites (tertiary alicyclic amines) is 1. The summed E-state index contributed by atoms with van der Waals surface area (Å²) in [4.78, 5) is 14.3. The molecule has 2 N–H and O–H groups in total. The molecule has 0 radical (unpaired) electrons. The highest BCUT2D eigenvalue weighted by Crippen LogP contribution is 2.27. The smallest absolute Gasteiger partial charge is 0.227 e. The summed E-state index contributed by atoms with van der Waals surface area (Å²) in [6.45, 7) is 4.78. The monoisotopic (exact) mass is 264 g/mol. The van der Waals surface area contributed by atoms with Crippen LogP contribution in [0.25, 0.3) is 0 Å². The van der Waals surface area contributed by atoms with Crippen LogP contribution >= 0.6 is 0 Å². The van der Waals surface area contributed by atoms with Crippen LogP contribution in [0.3, 0.4) is 0 Å². The molecule has 0 spiro atoms. The minimum atomic E-state index is -0.310. The number of nitrogens with zero attached hydrogens (tertiary/aromatic N) is 1. The van der Waals surface area contributed by atoms with Gasteiger partial charge in [0.25, 0.3) is 0 Å². The largest absolute Gasteiger partial charge is 0.336 e. The first kappa shape index (κ1) is 14.0. The molecule has 1 aromatic rings. The van der Waals surface area contributed by atoms with E-state index >= 15 is 0 Å². The lowest BCUT2D eigenvalue weighted by Crippen LogP contribution is -2.61. The molecule has 1 amide bonds. The highest BCUT2D eigenvalue weighted by Gasteiger charge is 2.38. The molecule has 1 aliphatic rings. The van der Waals surface area contributed by atoms with Gasteiger partial charge in [0, 0.05) is 12.6 Å². The van der Waals surface area contributed by atoms with E-state index in [1.54, 1.807) is 12.1 Å². The van der Waals surface area contributed by atoms with Gasteiger partial charge < -0.3 is 10.6 Å². The fraction of sp³-hybridized carbons (Fsp3) is 0.533. The van der Waals surface area contributed by atoms with E-state index in [2.05, 4.69) is 0 Å². The molecule has 1 heterocycles. The number of carbonyl (C=O) groups excluding carboxylic acids is 1. The molecule has 0 bridgehead atoms.